The summed E-state index contributed by atoms with van der Waals surface area (Å²) in [5, 5.41) is 14.3. The van der Waals surface area contributed by atoms with Gasteiger partial charge in [-0.2, -0.15) is 10.2 Å². The first kappa shape index (κ1) is 17.0. The first-order chi connectivity index (χ1) is 11.0. The third kappa shape index (κ3) is 3.70. The zero-order valence-corrected chi connectivity index (χ0v) is 14.3. The Balaban J connectivity index is 2.11. The van der Waals surface area contributed by atoms with Gasteiger partial charge in [0.2, 0.25) is 0 Å². The summed E-state index contributed by atoms with van der Waals surface area (Å²) in [5.41, 5.74) is 3.34. The molecule has 0 aromatic carbocycles. The van der Waals surface area contributed by atoms with Crippen molar-refractivity contribution in [3.8, 4) is 0 Å². The van der Waals surface area contributed by atoms with Gasteiger partial charge in [0.15, 0.2) is 0 Å². The van der Waals surface area contributed by atoms with Crippen LogP contribution in [0.3, 0.4) is 0 Å². The minimum Gasteiger partial charge on any atom is -0.382 e. The first-order valence-electron chi connectivity index (χ1n) is 7.56. The number of amides is 2. The maximum Gasteiger partial charge on any atom is 0.319 e. The van der Waals surface area contributed by atoms with E-state index < -0.39 is 0 Å². The van der Waals surface area contributed by atoms with Crippen molar-refractivity contribution in [1.82, 2.24) is 24.9 Å². The van der Waals surface area contributed by atoms with E-state index in [1.165, 1.54) is 0 Å². The van der Waals surface area contributed by atoms with Gasteiger partial charge in [0.05, 0.1) is 35.4 Å². The highest BCUT2D eigenvalue weighted by Crippen LogP contribution is 2.20. The van der Waals surface area contributed by atoms with Gasteiger partial charge in [0, 0.05) is 26.9 Å². The molecule has 0 aliphatic carbocycles. The van der Waals surface area contributed by atoms with E-state index in [2.05, 4.69) is 20.8 Å². The summed E-state index contributed by atoms with van der Waals surface area (Å²) in [5.74, 6) is 0. The lowest BCUT2D eigenvalue weighted by Gasteiger charge is -2.18. The van der Waals surface area contributed by atoms with E-state index in [1.54, 1.807) is 18.0 Å². The Kier molecular flexibility index (Phi) is 5.38. The summed E-state index contributed by atoms with van der Waals surface area (Å²) in [7, 11) is 3.43. The van der Waals surface area contributed by atoms with Crippen molar-refractivity contribution in [1.29, 1.82) is 0 Å². The van der Waals surface area contributed by atoms with Crippen LogP contribution in [-0.2, 0) is 18.3 Å². The molecule has 126 valence electrons. The zero-order valence-electron chi connectivity index (χ0n) is 14.3. The summed E-state index contributed by atoms with van der Waals surface area (Å²) in [4.78, 5) is 12.4. The van der Waals surface area contributed by atoms with E-state index in [-0.39, 0.29) is 12.1 Å². The predicted octanol–water partition coefficient (Wildman–Crippen LogP) is 1.76. The van der Waals surface area contributed by atoms with E-state index in [9.17, 15) is 4.79 Å². The number of methoxy groups -OCH3 is 1. The molecule has 0 bridgehead atoms. The molecule has 0 radical (unpaired) electrons. The number of aryl methyl sites for hydroxylation is 3. The van der Waals surface area contributed by atoms with Gasteiger partial charge in [-0.15, -0.1) is 0 Å². The number of carbonyl (C=O) groups excluding carboxylic acids is 1. The van der Waals surface area contributed by atoms with Crippen LogP contribution in [0.15, 0.2) is 12.3 Å². The number of nitrogens with one attached hydrogen (secondary N) is 2. The lowest BCUT2D eigenvalue weighted by molar-refractivity contribution is 0.165. The number of urea groups is 1. The van der Waals surface area contributed by atoms with Crippen molar-refractivity contribution < 1.29 is 9.53 Å². The van der Waals surface area contributed by atoms with E-state index >= 15 is 0 Å². The molecule has 2 N–H and O–H groups in total. The molecule has 1 atom stereocenters. The van der Waals surface area contributed by atoms with Crippen molar-refractivity contribution in [2.24, 2.45) is 7.05 Å². The number of nitrogens with zero attached hydrogens (tertiary/aromatic N) is 4. The highest BCUT2D eigenvalue weighted by atomic mass is 16.5. The Hall–Kier alpha value is -2.35. The van der Waals surface area contributed by atoms with Crippen molar-refractivity contribution in [2.75, 3.05) is 19.0 Å². The quantitative estimate of drug-likeness (QED) is 0.849. The van der Waals surface area contributed by atoms with Gasteiger partial charge in [0.25, 0.3) is 0 Å². The van der Waals surface area contributed by atoms with Crippen LogP contribution >= 0.6 is 0 Å². The van der Waals surface area contributed by atoms with Crippen LogP contribution in [-0.4, -0.2) is 39.3 Å². The van der Waals surface area contributed by atoms with Gasteiger partial charge < -0.3 is 15.4 Å². The Morgan fingerprint density at radius 1 is 1.43 bits per heavy atom. The first-order valence-corrected chi connectivity index (χ1v) is 7.56. The van der Waals surface area contributed by atoms with Crippen molar-refractivity contribution >= 4 is 11.7 Å². The van der Waals surface area contributed by atoms with E-state index in [0.717, 1.165) is 29.3 Å². The molecular weight excluding hydrogens is 296 g/mol. The van der Waals surface area contributed by atoms with Crippen LogP contribution in [0.1, 0.15) is 30.0 Å². The van der Waals surface area contributed by atoms with E-state index in [1.807, 2.05) is 38.6 Å². The molecule has 8 heteroatoms. The Morgan fingerprint density at radius 2 is 2.17 bits per heavy atom. The van der Waals surface area contributed by atoms with Gasteiger partial charge in [-0.1, -0.05) is 0 Å². The summed E-state index contributed by atoms with van der Waals surface area (Å²) in [6.07, 6.45) is 1.69. The van der Waals surface area contributed by atoms with E-state index in [4.69, 9.17) is 4.74 Å². The van der Waals surface area contributed by atoms with Crippen molar-refractivity contribution in [3.05, 3.63) is 29.3 Å². The number of hydrogen-bond donors (Lipinski definition) is 2. The fraction of sp³-hybridized carbons (Fsp3) is 0.533. The van der Waals surface area contributed by atoms with Crippen LogP contribution in [0.5, 0.6) is 0 Å². The standard InChI is InChI=1S/C15H24N6O2/c1-6-21-11(3)14(10(2)19-21)18-15(22)17-12(9-23-5)13-7-8-16-20(13)4/h7-8,12H,6,9H2,1-5H3,(H2,17,18,22)/t12-/m1/s1. The molecule has 2 aromatic heterocycles. The second-order valence-electron chi connectivity index (χ2n) is 5.35. The average Bonchev–Trinajstić information content (AvgIpc) is 3.05. The van der Waals surface area contributed by atoms with Crippen LogP contribution in [0, 0.1) is 13.8 Å². The van der Waals surface area contributed by atoms with Gasteiger partial charge in [-0.05, 0) is 26.8 Å². The number of anilines is 1. The Morgan fingerprint density at radius 3 is 2.70 bits per heavy atom. The van der Waals surface area contributed by atoms with Crippen molar-refractivity contribution in [2.45, 2.75) is 33.4 Å². The minimum atomic E-state index is -0.296. The fourth-order valence-corrected chi connectivity index (χ4v) is 2.59. The van der Waals surface area contributed by atoms with Gasteiger partial charge in [-0.3, -0.25) is 9.36 Å². The Bertz CT molecular complexity index is 676. The smallest absolute Gasteiger partial charge is 0.319 e. The normalized spacial score (nSPS) is 12.2. The second kappa shape index (κ2) is 7.28. The van der Waals surface area contributed by atoms with Gasteiger partial charge in [0.1, 0.15) is 0 Å². The molecular formula is C15H24N6O2. The number of ether oxygens (including phenoxy) is 1. The highest BCUT2D eigenvalue weighted by molar-refractivity contribution is 5.90. The maximum absolute atomic E-state index is 12.4. The molecule has 0 aliphatic rings. The molecule has 0 spiro atoms. The third-order valence-corrected chi connectivity index (χ3v) is 3.77. The molecule has 0 unspecified atom stereocenters. The summed E-state index contributed by atoms with van der Waals surface area (Å²) in [6, 6.07) is 1.28. The summed E-state index contributed by atoms with van der Waals surface area (Å²) < 4.78 is 8.78. The third-order valence-electron chi connectivity index (χ3n) is 3.77. The predicted molar refractivity (Wildman–Crippen MR) is 87.4 cm³/mol. The van der Waals surface area contributed by atoms with Crippen LogP contribution in [0.2, 0.25) is 0 Å². The molecule has 0 fully saturated rings. The zero-order chi connectivity index (χ0) is 17.0. The lowest BCUT2D eigenvalue weighted by atomic mass is 10.2. The number of carbonyl (C=O) groups is 1. The van der Waals surface area contributed by atoms with Crippen molar-refractivity contribution in [3.63, 3.8) is 0 Å². The monoisotopic (exact) mass is 320 g/mol. The average molecular weight is 320 g/mol. The minimum absolute atomic E-state index is 0.283. The lowest BCUT2D eigenvalue weighted by Crippen LogP contribution is -2.36. The van der Waals surface area contributed by atoms with Crippen LogP contribution < -0.4 is 10.6 Å². The molecule has 8 nitrogen and oxygen atoms in total. The number of hydrogen-bond acceptors (Lipinski definition) is 4. The highest BCUT2D eigenvalue weighted by Gasteiger charge is 2.19. The molecule has 2 aromatic rings. The van der Waals surface area contributed by atoms with Gasteiger partial charge in [-0.25, -0.2) is 4.79 Å². The van der Waals surface area contributed by atoms with Crippen LogP contribution in [0.4, 0.5) is 10.5 Å². The SMILES string of the molecule is CCn1nc(C)c(NC(=O)N[C@H](COC)c2ccnn2C)c1C. The van der Waals surface area contributed by atoms with E-state index in [0.29, 0.717) is 6.61 Å². The second-order valence-corrected chi connectivity index (χ2v) is 5.35. The molecule has 0 aliphatic heterocycles. The topological polar surface area (TPSA) is 86.0 Å². The summed E-state index contributed by atoms with van der Waals surface area (Å²) >= 11 is 0. The molecule has 23 heavy (non-hydrogen) atoms. The number of aromatic nitrogens is 4. The molecule has 0 saturated carbocycles. The molecule has 2 rings (SSSR count). The number of rotatable bonds is 6. The largest absolute Gasteiger partial charge is 0.382 e. The molecule has 2 heterocycles. The van der Waals surface area contributed by atoms with Crippen LogP contribution in [0.25, 0.3) is 0 Å². The molecule has 2 amide bonds. The fourth-order valence-electron chi connectivity index (χ4n) is 2.59. The Labute approximate surface area is 135 Å². The van der Waals surface area contributed by atoms with Gasteiger partial charge >= 0.3 is 6.03 Å². The maximum atomic E-state index is 12.4. The molecule has 0 saturated heterocycles. The summed E-state index contributed by atoms with van der Waals surface area (Å²) in [6.45, 7) is 6.95.